The minimum Gasteiger partial charge on any atom is -0.340 e. The van der Waals surface area contributed by atoms with Gasteiger partial charge in [-0.05, 0) is 31.1 Å². The monoisotopic (exact) mass is 238 g/mol. The van der Waals surface area contributed by atoms with Crippen molar-refractivity contribution < 1.29 is 9.59 Å². The zero-order valence-corrected chi connectivity index (χ0v) is 11.2. The number of rotatable bonds is 2. The number of amides is 2. The van der Waals surface area contributed by atoms with Crippen LogP contribution in [0, 0.1) is 11.3 Å². The number of hydrogen-bond donors (Lipinski definition) is 1. The van der Waals surface area contributed by atoms with Crippen LogP contribution in [0.4, 0.5) is 0 Å². The first-order valence-corrected chi connectivity index (χ1v) is 6.33. The second-order valence-electron chi connectivity index (χ2n) is 6.75. The van der Waals surface area contributed by atoms with Crippen molar-refractivity contribution in [1.29, 1.82) is 0 Å². The van der Waals surface area contributed by atoms with Crippen molar-refractivity contribution in [2.24, 2.45) is 11.3 Å². The minimum absolute atomic E-state index is 0.0248. The van der Waals surface area contributed by atoms with E-state index in [0.717, 1.165) is 12.8 Å². The fourth-order valence-electron chi connectivity index (χ4n) is 2.59. The molecule has 1 aliphatic heterocycles. The Labute approximate surface area is 103 Å². The van der Waals surface area contributed by atoms with Crippen molar-refractivity contribution >= 4 is 11.8 Å². The number of nitrogens with one attached hydrogen (secondary N) is 1. The van der Waals surface area contributed by atoms with Gasteiger partial charge in [0.25, 0.3) is 0 Å². The first-order valence-electron chi connectivity index (χ1n) is 6.33. The van der Waals surface area contributed by atoms with E-state index in [0.29, 0.717) is 12.5 Å². The lowest BCUT2D eigenvalue weighted by molar-refractivity contribution is -0.151. The Hall–Kier alpha value is -1.06. The van der Waals surface area contributed by atoms with E-state index in [4.69, 9.17) is 0 Å². The number of nitrogens with zero attached hydrogens (tertiary/aromatic N) is 1. The Morgan fingerprint density at radius 1 is 1.35 bits per heavy atom. The van der Waals surface area contributed by atoms with E-state index in [1.165, 1.54) is 0 Å². The second kappa shape index (κ2) is 3.72. The number of piperazine rings is 1. The Bertz CT molecular complexity index is 355. The molecular weight excluding hydrogens is 216 g/mol. The number of carbonyl (C=O) groups is 2. The third-order valence-electron chi connectivity index (χ3n) is 3.52. The molecule has 2 fully saturated rings. The van der Waals surface area contributed by atoms with Crippen LogP contribution in [0.2, 0.25) is 0 Å². The van der Waals surface area contributed by atoms with Crippen molar-refractivity contribution in [2.75, 3.05) is 13.1 Å². The van der Waals surface area contributed by atoms with Crippen LogP contribution in [0.15, 0.2) is 0 Å². The van der Waals surface area contributed by atoms with Crippen LogP contribution in [0.1, 0.15) is 40.5 Å². The molecule has 2 amide bonds. The van der Waals surface area contributed by atoms with E-state index in [1.54, 1.807) is 4.90 Å². The van der Waals surface area contributed by atoms with Crippen molar-refractivity contribution in [3.05, 3.63) is 0 Å². The molecule has 4 heteroatoms. The topological polar surface area (TPSA) is 49.4 Å². The van der Waals surface area contributed by atoms with E-state index in [9.17, 15) is 9.59 Å². The molecule has 2 rings (SSSR count). The molecule has 1 atom stereocenters. The lowest BCUT2D eigenvalue weighted by Gasteiger charge is -2.42. The van der Waals surface area contributed by atoms with Crippen molar-refractivity contribution in [1.82, 2.24) is 10.2 Å². The van der Waals surface area contributed by atoms with Gasteiger partial charge in [0, 0.05) is 6.54 Å². The molecule has 1 saturated heterocycles. The SMILES string of the molecule is CC(C)(C)CN1CC(=O)NC(C)(C2CC2)C1=O. The third-order valence-corrected chi connectivity index (χ3v) is 3.52. The first-order chi connectivity index (χ1) is 7.72. The van der Waals surface area contributed by atoms with E-state index in [1.807, 2.05) is 6.92 Å². The normalized spacial score (nSPS) is 30.5. The molecule has 0 aromatic heterocycles. The summed E-state index contributed by atoms with van der Waals surface area (Å²) >= 11 is 0. The molecule has 1 aliphatic carbocycles. The zero-order chi connectivity index (χ0) is 12.8. The molecule has 17 heavy (non-hydrogen) atoms. The highest BCUT2D eigenvalue weighted by Crippen LogP contribution is 2.41. The predicted octanol–water partition coefficient (Wildman–Crippen LogP) is 1.16. The van der Waals surface area contributed by atoms with Gasteiger partial charge < -0.3 is 10.2 Å². The van der Waals surface area contributed by atoms with Gasteiger partial charge in [0.15, 0.2) is 0 Å². The minimum atomic E-state index is -0.652. The van der Waals surface area contributed by atoms with Crippen LogP contribution in [-0.2, 0) is 9.59 Å². The highest BCUT2D eigenvalue weighted by molar-refractivity contribution is 5.98. The van der Waals surface area contributed by atoms with Crippen molar-refractivity contribution in [3.8, 4) is 0 Å². The average Bonchev–Trinajstić information content (AvgIpc) is 2.93. The molecule has 1 N–H and O–H groups in total. The summed E-state index contributed by atoms with van der Waals surface area (Å²) in [4.78, 5) is 25.9. The molecule has 1 heterocycles. The summed E-state index contributed by atoms with van der Waals surface area (Å²) in [7, 11) is 0. The van der Waals surface area contributed by atoms with Gasteiger partial charge in [-0.15, -0.1) is 0 Å². The van der Waals surface area contributed by atoms with Crippen LogP contribution in [0.25, 0.3) is 0 Å². The molecule has 1 unspecified atom stereocenters. The Balaban J connectivity index is 2.17. The first kappa shape index (κ1) is 12.4. The van der Waals surface area contributed by atoms with Crippen LogP contribution in [-0.4, -0.2) is 35.3 Å². The maximum atomic E-state index is 12.5. The Morgan fingerprint density at radius 3 is 2.41 bits per heavy atom. The van der Waals surface area contributed by atoms with Gasteiger partial charge in [-0.2, -0.15) is 0 Å². The van der Waals surface area contributed by atoms with Crippen LogP contribution in [0.5, 0.6) is 0 Å². The second-order valence-corrected chi connectivity index (χ2v) is 6.75. The number of hydrogen-bond acceptors (Lipinski definition) is 2. The summed E-state index contributed by atoms with van der Waals surface area (Å²) in [5.74, 6) is 0.402. The summed E-state index contributed by atoms with van der Waals surface area (Å²) in [6.07, 6.45) is 2.09. The Morgan fingerprint density at radius 2 is 1.94 bits per heavy atom. The van der Waals surface area contributed by atoms with Gasteiger partial charge >= 0.3 is 0 Å². The van der Waals surface area contributed by atoms with E-state index >= 15 is 0 Å². The smallest absolute Gasteiger partial charge is 0.248 e. The van der Waals surface area contributed by atoms with E-state index < -0.39 is 5.54 Å². The lowest BCUT2D eigenvalue weighted by atomic mass is 9.89. The molecule has 0 aromatic rings. The quantitative estimate of drug-likeness (QED) is 0.785. The summed E-state index contributed by atoms with van der Waals surface area (Å²) < 4.78 is 0. The molecule has 96 valence electrons. The maximum Gasteiger partial charge on any atom is 0.248 e. The predicted molar refractivity (Wildman–Crippen MR) is 65.3 cm³/mol. The summed E-state index contributed by atoms with van der Waals surface area (Å²) in [5.41, 5.74) is -0.627. The number of carbonyl (C=O) groups excluding carboxylic acids is 2. The zero-order valence-electron chi connectivity index (χ0n) is 11.2. The molecule has 2 aliphatic rings. The molecule has 1 saturated carbocycles. The molecule has 0 aromatic carbocycles. The van der Waals surface area contributed by atoms with Gasteiger partial charge in [0.05, 0.1) is 6.54 Å². The average molecular weight is 238 g/mol. The molecule has 0 spiro atoms. The fourth-order valence-corrected chi connectivity index (χ4v) is 2.59. The van der Waals surface area contributed by atoms with Gasteiger partial charge in [-0.3, -0.25) is 9.59 Å². The van der Waals surface area contributed by atoms with E-state index in [2.05, 4.69) is 26.1 Å². The van der Waals surface area contributed by atoms with Gasteiger partial charge in [0.2, 0.25) is 11.8 Å². The summed E-state index contributed by atoms with van der Waals surface area (Å²) in [6.45, 7) is 8.98. The summed E-state index contributed by atoms with van der Waals surface area (Å²) in [5, 5.41) is 2.89. The molecular formula is C13H22N2O2. The van der Waals surface area contributed by atoms with Crippen molar-refractivity contribution in [3.63, 3.8) is 0 Å². The molecule has 0 radical (unpaired) electrons. The highest BCUT2D eigenvalue weighted by atomic mass is 16.2. The molecule has 0 bridgehead atoms. The third kappa shape index (κ3) is 2.45. The van der Waals surface area contributed by atoms with Gasteiger partial charge in [-0.25, -0.2) is 0 Å². The van der Waals surface area contributed by atoms with Gasteiger partial charge in [0.1, 0.15) is 5.54 Å². The molecule has 4 nitrogen and oxygen atoms in total. The standard InChI is InChI=1S/C13H22N2O2/c1-12(2,3)8-15-7-10(16)14-13(4,11(15)17)9-5-6-9/h9H,5-8H2,1-4H3,(H,14,16). The fraction of sp³-hybridized carbons (Fsp3) is 0.846. The maximum absolute atomic E-state index is 12.5. The Kier molecular flexibility index (Phi) is 2.71. The van der Waals surface area contributed by atoms with E-state index in [-0.39, 0.29) is 23.8 Å². The van der Waals surface area contributed by atoms with Crippen LogP contribution in [0.3, 0.4) is 0 Å². The van der Waals surface area contributed by atoms with Crippen LogP contribution >= 0.6 is 0 Å². The highest BCUT2D eigenvalue weighted by Gasteiger charge is 2.52. The van der Waals surface area contributed by atoms with Gasteiger partial charge in [-0.1, -0.05) is 20.8 Å². The van der Waals surface area contributed by atoms with Crippen LogP contribution < -0.4 is 5.32 Å². The lowest BCUT2D eigenvalue weighted by Crippen LogP contribution is -2.67. The van der Waals surface area contributed by atoms with Crippen molar-refractivity contribution in [2.45, 2.75) is 46.1 Å². The summed E-state index contributed by atoms with van der Waals surface area (Å²) in [6, 6.07) is 0. The largest absolute Gasteiger partial charge is 0.340 e.